The fraction of sp³-hybridized carbons (Fsp3) is 0.625. The number of aromatic amines is 2. The van der Waals surface area contributed by atoms with Gasteiger partial charge in [0.25, 0.3) is 0 Å². The number of hydrogen-bond acceptors (Lipinski definition) is 5. The molecule has 2 N–H and O–H groups in total. The molecule has 90 valence electrons. The lowest BCUT2D eigenvalue weighted by Crippen LogP contribution is -2.43. The van der Waals surface area contributed by atoms with Gasteiger partial charge in [0.1, 0.15) is 6.73 Å². The second kappa shape index (κ2) is 6.03. The topological polar surface area (TPSA) is 106 Å². The summed E-state index contributed by atoms with van der Waals surface area (Å²) in [5.74, 6) is 0. The van der Waals surface area contributed by atoms with Crippen LogP contribution in [-0.2, 0) is 16.2 Å². The molecule has 0 saturated heterocycles. The molecule has 8 heteroatoms. The van der Waals surface area contributed by atoms with Crippen LogP contribution in [0.3, 0.4) is 0 Å². The van der Waals surface area contributed by atoms with E-state index in [4.69, 9.17) is 9.47 Å². The van der Waals surface area contributed by atoms with Crippen LogP contribution in [0, 0.1) is 0 Å². The highest BCUT2D eigenvalue weighted by molar-refractivity contribution is 4.67. The molecule has 16 heavy (non-hydrogen) atoms. The van der Waals surface area contributed by atoms with E-state index in [1.54, 1.807) is 0 Å². The summed E-state index contributed by atoms with van der Waals surface area (Å²) in [5, 5.41) is 0. The minimum Gasteiger partial charge on any atom is -0.379 e. The third-order valence-electron chi connectivity index (χ3n) is 1.73. The molecule has 0 amide bonds. The first-order chi connectivity index (χ1) is 7.65. The fourth-order valence-electron chi connectivity index (χ4n) is 0.988. The minimum absolute atomic E-state index is 0.224. The van der Waals surface area contributed by atoms with Crippen molar-refractivity contribution in [2.45, 2.75) is 13.7 Å². The maximum atomic E-state index is 11.2. The summed E-state index contributed by atoms with van der Waals surface area (Å²) in [5.41, 5.74) is -2.43. The van der Waals surface area contributed by atoms with Crippen molar-refractivity contribution in [3.05, 3.63) is 31.5 Å². The van der Waals surface area contributed by atoms with Gasteiger partial charge in [0.15, 0.2) is 0 Å². The molecule has 1 aromatic rings. The molecule has 0 atom stereocenters. The molecule has 0 aromatic carbocycles. The average Bonchev–Trinajstić information content (AvgIpc) is 2.20. The van der Waals surface area contributed by atoms with Gasteiger partial charge in [-0.2, -0.15) is 0 Å². The lowest BCUT2D eigenvalue weighted by Gasteiger charge is -2.04. The van der Waals surface area contributed by atoms with Crippen LogP contribution in [0.5, 0.6) is 0 Å². The molecular weight excluding hydrogens is 218 g/mol. The highest BCUT2D eigenvalue weighted by atomic mass is 16.5. The highest BCUT2D eigenvalue weighted by Gasteiger charge is 2.01. The molecular formula is C8H13N3O5. The number of H-pyrrole nitrogens is 2. The molecule has 0 aliphatic heterocycles. The van der Waals surface area contributed by atoms with Gasteiger partial charge in [0.2, 0.25) is 0 Å². The second-order valence-electron chi connectivity index (χ2n) is 2.85. The maximum absolute atomic E-state index is 11.2. The van der Waals surface area contributed by atoms with Crippen molar-refractivity contribution in [1.82, 2.24) is 14.5 Å². The molecule has 0 unspecified atom stereocenters. The van der Waals surface area contributed by atoms with Crippen LogP contribution in [0.25, 0.3) is 0 Å². The van der Waals surface area contributed by atoms with Gasteiger partial charge in [-0.05, 0) is 6.92 Å². The van der Waals surface area contributed by atoms with E-state index in [2.05, 4.69) is 0 Å². The number of ether oxygens (including phenoxy) is 2. The molecule has 0 aliphatic carbocycles. The first-order valence-electron chi connectivity index (χ1n) is 4.74. The van der Waals surface area contributed by atoms with Gasteiger partial charge < -0.3 is 9.47 Å². The van der Waals surface area contributed by atoms with Crippen LogP contribution in [0.1, 0.15) is 6.92 Å². The summed E-state index contributed by atoms with van der Waals surface area (Å²) in [6.07, 6.45) is 0. The SMILES string of the molecule is CCOCCOCn1c(=O)[nH]c(=O)[nH]c1=O. The smallest absolute Gasteiger partial charge is 0.335 e. The molecule has 0 saturated carbocycles. The van der Waals surface area contributed by atoms with E-state index in [1.165, 1.54) is 0 Å². The largest absolute Gasteiger partial charge is 0.379 e. The average molecular weight is 231 g/mol. The van der Waals surface area contributed by atoms with Gasteiger partial charge in [0, 0.05) is 6.61 Å². The van der Waals surface area contributed by atoms with Crippen LogP contribution in [0.4, 0.5) is 0 Å². The summed E-state index contributed by atoms with van der Waals surface area (Å²) in [6.45, 7) is 2.84. The Balaban J connectivity index is 2.58. The van der Waals surface area contributed by atoms with E-state index in [9.17, 15) is 14.4 Å². The highest BCUT2D eigenvalue weighted by Crippen LogP contribution is 1.79. The number of hydrogen-bond donors (Lipinski definition) is 2. The zero-order valence-corrected chi connectivity index (χ0v) is 8.82. The zero-order chi connectivity index (χ0) is 12.0. The van der Waals surface area contributed by atoms with E-state index in [0.717, 1.165) is 4.57 Å². The Hall–Kier alpha value is -1.67. The minimum atomic E-state index is -0.833. The Bertz CT molecular complexity index is 451. The molecule has 1 rings (SSSR count). The monoisotopic (exact) mass is 231 g/mol. The Kier molecular flexibility index (Phi) is 4.67. The van der Waals surface area contributed by atoms with Crippen LogP contribution >= 0.6 is 0 Å². The normalized spacial score (nSPS) is 10.6. The van der Waals surface area contributed by atoms with Gasteiger partial charge >= 0.3 is 17.1 Å². The third-order valence-corrected chi connectivity index (χ3v) is 1.73. The van der Waals surface area contributed by atoms with E-state index in [-0.39, 0.29) is 13.3 Å². The standard InChI is InChI=1S/C8H13N3O5/c1-2-15-3-4-16-5-11-7(13)9-6(12)10-8(11)14/h2-5H2,1H3,(H2,9,10,12,13,14). The lowest BCUT2D eigenvalue weighted by atomic mass is 10.7. The van der Waals surface area contributed by atoms with Crippen molar-refractivity contribution in [3.63, 3.8) is 0 Å². The fourth-order valence-corrected chi connectivity index (χ4v) is 0.988. The molecule has 8 nitrogen and oxygen atoms in total. The lowest BCUT2D eigenvalue weighted by molar-refractivity contribution is 0.0187. The second-order valence-corrected chi connectivity index (χ2v) is 2.85. The Morgan fingerprint density at radius 2 is 1.62 bits per heavy atom. The predicted molar refractivity (Wildman–Crippen MR) is 54.4 cm³/mol. The maximum Gasteiger partial charge on any atom is 0.335 e. The molecule has 1 heterocycles. The Morgan fingerprint density at radius 3 is 2.19 bits per heavy atom. The van der Waals surface area contributed by atoms with Crippen LogP contribution in [0.15, 0.2) is 14.4 Å². The number of rotatable bonds is 6. The predicted octanol–water partition coefficient (Wildman–Crippen LogP) is -1.76. The third kappa shape index (κ3) is 3.48. The molecule has 0 aliphatic rings. The first kappa shape index (κ1) is 12.4. The quantitative estimate of drug-likeness (QED) is 0.564. The Morgan fingerprint density at radius 1 is 1.06 bits per heavy atom. The molecule has 0 bridgehead atoms. The van der Waals surface area contributed by atoms with Crippen molar-refractivity contribution in [2.75, 3.05) is 19.8 Å². The van der Waals surface area contributed by atoms with Crippen LogP contribution < -0.4 is 17.1 Å². The van der Waals surface area contributed by atoms with E-state index >= 15 is 0 Å². The van der Waals surface area contributed by atoms with E-state index in [1.807, 2.05) is 16.9 Å². The van der Waals surface area contributed by atoms with E-state index in [0.29, 0.717) is 13.2 Å². The summed E-state index contributed by atoms with van der Waals surface area (Å²) >= 11 is 0. The van der Waals surface area contributed by atoms with Crippen molar-refractivity contribution >= 4 is 0 Å². The molecule has 0 radical (unpaired) electrons. The van der Waals surface area contributed by atoms with Gasteiger partial charge in [0.05, 0.1) is 13.2 Å². The number of nitrogens with zero attached hydrogens (tertiary/aromatic N) is 1. The van der Waals surface area contributed by atoms with Crippen molar-refractivity contribution in [3.8, 4) is 0 Å². The van der Waals surface area contributed by atoms with E-state index < -0.39 is 17.1 Å². The zero-order valence-electron chi connectivity index (χ0n) is 8.82. The Labute approximate surface area is 89.8 Å². The molecule has 0 spiro atoms. The summed E-state index contributed by atoms with van der Waals surface area (Å²) in [4.78, 5) is 36.8. The summed E-state index contributed by atoms with van der Waals surface area (Å²) < 4.78 is 10.8. The van der Waals surface area contributed by atoms with Crippen molar-refractivity contribution < 1.29 is 9.47 Å². The van der Waals surface area contributed by atoms with Crippen molar-refractivity contribution in [1.29, 1.82) is 0 Å². The first-order valence-corrected chi connectivity index (χ1v) is 4.74. The van der Waals surface area contributed by atoms with Gasteiger partial charge in [-0.1, -0.05) is 0 Å². The van der Waals surface area contributed by atoms with Crippen LogP contribution in [0.2, 0.25) is 0 Å². The van der Waals surface area contributed by atoms with Gasteiger partial charge in [-0.3, -0.25) is 9.97 Å². The van der Waals surface area contributed by atoms with Crippen LogP contribution in [-0.4, -0.2) is 34.4 Å². The summed E-state index contributed by atoms with van der Waals surface area (Å²) in [7, 11) is 0. The number of aromatic nitrogens is 3. The molecule has 0 fully saturated rings. The van der Waals surface area contributed by atoms with Crippen molar-refractivity contribution in [2.24, 2.45) is 0 Å². The number of nitrogens with one attached hydrogen (secondary N) is 2. The van der Waals surface area contributed by atoms with Gasteiger partial charge in [-0.25, -0.2) is 19.0 Å². The summed E-state index contributed by atoms with van der Waals surface area (Å²) in [6, 6.07) is 0. The molecule has 1 aromatic heterocycles. The van der Waals surface area contributed by atoms with Gasteiger partial charge in [-0.15, -0.1) is 0 Å².